The topological polar surface area (TPSA) is 57.9 Å². The van der Waals surface area contributed by atoms with E-state index in [1.165, 1.54) is 5.70 Å². The predicted octanol–water partition coefficient (Wildman–Crippen LogP) is 2.78. The Morgan fingerprint density at radius 1 is 1.15 bits per heavy atom. The summed E-state index contributed by atoms with van der Waals surface area (Å²) in [6, 6.07) is 8.66. The molecule has 4 aliphatic rings. The highest BCUT2D eigenvalue weighted by molar-refractivity contribution is 5.74. The number of nitrogens with zero attached hydrogens (tertiary/aromatic N) is 4. The fourth-order valence-electron chi connectivity index (χ4n) is 4.47. The molecule has 1 saturated heterocycles. The average molecular weight is 448 g/mol. The van der Waals surface area contributed by atoms with E-state index in [0.29, 0.717) is 0 Å². The minimum Gasteiger partial charge on any atom is -0.378 e. The summed E-state index contributed by atoms with van der Waals surface area (Å²) in [4.78, 5) is 9.51. The molecule has 3 aliphatic heterocycles. The Balaban J connectivity index is 0.00000171. The van der Waals surface area contributed by atoms with Crippen LogP contribution in [-0.2, 0) is 0 Å². The monoisotopic (exact) mass is 447 g/mol. The molecule has 2 atom stereocenters. The Morgan fingerprint density at radius 2 is 2.06 bits per heavy atom. The van der Waals surface area contributed by atoms with Crippen LogP contribution < -0.4 is 16.0 Å². The molecule has 1 fully saturated rings. The van der Waals surface area contributed by atoms with Gasteiger partial charge in [0.15, 0.2) is 6.21 Å². The highest BCUT2D eigenvalue weighted by Gasteiger charge is 2.20. The van der Waals surface area contributed by atoms with Gasteiger partial charge in [-0.1, -0.05) is 25.1 Å². The van der Waals surface area contributed by atoms with Gasteiger partial charge in [0.2, 0.25) is 5.69 Å². The zero-order valence-corrected chi connectivity index (χ0v) is 19.2. The summed E-state index contributed by atoms with van der Waals surface area (Å²) in [6.45, 7) is 10.7. The molecule has 5 rings (SSSR count). The summed E-state index contributed by atoms with van der Waals surface area (Å²) in [7, 11) is 0. The van der Waals surface area contributed by atoms with E-state index in [4.69, 9.17) is 0 Å². The van der Waals surface area contributed by atoms with Gasteiger partial charge < -0.3 is 20.4 Å². The van der Waals surface area contributed by atoms with Crippen molar-refractivity contribution in [2.45, 2.75) is 19.0 Å². The number of hydrogen-bond acceptors (Lipinski definition) is 6. The largest absolute Gasteiger partial charge is 0.378 e. The first-order chi connectivity index (χ1) is 16.3. The van der Waals surface area contributed by atoms with E-state index in [1.54, 1.807) is 0 Å². The molecule has 1 aromatic carbocycles. The highest BCUT2D eigenvalue weighted by Crippen LogP contribution is 2.22. The molecule has 1 aromatic rings. The first kappa shape index (κ1) is 21.9. The molecule has 0 saturated carbocycles. The van der Waals surface area contributed by atoms with Crippen molar-refractivity contribution in [2.75, 3.05) is 44.6 Å². The molecule has 175 valence electrons. The molecule has 7 nitrogen and oxygen atoms in total. The number of likely N-dealkylation sites (N-methyl/N-ethyl adjacent to an activating group) is 1. The van der Waals surface area contributed by atoms with Gasteiger partial charge in [0.05, 0.1) is 18.6 Å². The van der Waals surface area contributed by atoms with Gasteiger partial charge in [-0.3, -0.25) is 0 Å². The summed E-state index contributed by atoms with van der Waals surface area (Å²) < 4.78 is 2.11. The van der Waals surface area contributed by atoms with Crippen LogP contribution >= 0.6 is 0 Å². The molecule has 2 unspecified atom stereocenters. The van der Waals surface area contributed by atoms with Gasteiger partial charge in [-0.2, -0.15) is 4.58 Å². The van der Waals surface area contributed by atoms with Crippen LogP contribution in [0, 0.1) is 19.5 Å². The van der Waals surface area contributed by atoms with Crippen molar-refractivity contribution in [3.05, 3.63) is 79.6 Å². The van der Waals surface area contributed by atoms with Crippen LogP contribution in [0.3, 0.4) is 0 Å². The molecule has 0 amide bonds. The Bertz CT molecular complexity index is 993. The van der Waals surface area contributed by atoms with E-state index in [-0.39, 0.29) is 14.9 Å². The van der Waals surface area contributed by atoms with Crippen LogP contribution in [-0.4, -0.2) is 78.2 Å². The third-order valence-electron chi connectivity index (χ3n) is 6.41. The fourth-order valence-corrected chi connectivity index (χ4v) is 4.47. The predicted molar refractivity (Wildman–Crippen MR) is 139 cm³/mol. The molecule has 0 spiro atoms. The van der Waals surface area contributed by atoms with Gasteiger partial charge in [0.1, 0.15) is 5.82 Å². The lowest BCUT2D eigenvalue weighted by atomic mass is 10.0. The fraction of sp³-hybridized carbons (Fsp3) is 0.346. The molecule has 3 heterocycles. The number of benzene rings is 1. The number of nitrogens with one attached hydrogen (secondary N) is 3. The summed E-state index contributed by atoms with van der Waals surface area (Å²) in [5.41, 5.74) is 3.52. The minimum absolute atomic E-state index is 0. The van der Waals surface area contributed by atoms with E-state index >= 15 is 0 Å². The van der Waals surface area contributed by atoms with Crippen LogP contribution in [0.25, 0.3) is 0 Å². The second-order valence-electron chi connectivity index (χ2n) is 8.60. The van der Waals surface area contributed by atoms with Crippen LogP contribution in [0.15, 0.2) is 65.1 Å². The SMILES string of the molecule is CCN1CCN(C2=C[CH]C(NC3=CC(Nc4cccc([N+]5=CCN[CH]5)c4)[CH]C=N3)C=C2)CC1.[HH].[HH]. The Morgan fingerprint density at radius 3 is 2.82 bits per heavy atom. The maximum absolute atomic E-state index is 4.54. The zero-order chi connectivity index (χ0) is 22.5. The lowest BCUT2D eigenvalue weighted by Gasteiger charge is -2.37. The third-order valence-corrected chi connectivity index (χ3v) is 6.41. The van der Waals surface area contributed by atoms with Gasteiger partial charge in [-0.05, 0) is 24.8 Å². The van der Waals surface area contributed by atoms with Crippen LogP contribution in [0.4, 0.5) is 11.4 Å². The maximum Gasteiger partial charge on any atom is 0.290 e. The number of piperazine rings is 1. The molecule has 0 bridgehead atoms. The van der Waals surface area contributed by atoms with Crippen molar-refractivity contribution in [3.8, 4) is 0 Å². The Kier molecular flexibility index (Phi) is 6.88. The first-order valence-corrected chi connectivity index (χ1v) is 11.9. The van der Waals surface area contributed by atoms with E-state index in [9.17, 15) is 0 Å². The average Bonchev–Trinajstić information content (AvgIpc) is 3.40. The molecule has 7 heteroatoms. The second-order valence-corrected chi connectivity index (χ2v) is 8.60. The number of hydrogen-bond donors (Lipinski definition) is 3. The lowest BCUT2D eigenvalue weighted by Crippen LogP contribution is -2.45. The quantitative estimate of drug-likeness (QED) is 0.561. The van der Waals surface area contributed by atoms with E-state index < -0.39 is 0 Å². The molecule has 3 radical (unpaired) electrons. The molecule has 33 heavy (non-hydrogen) atoms. The van der Waals surface area contributed by atoms with Crippen molar-refractivity contribution < 1.29 is 7.43 Å². The van der Waals surface area contributed by atoms with Gasteiger partial charge in [-0.15, -0.1) is 0 Å². The normalized spacial score (nSPS) is 25.5. The summed E-state index contributed by atoms with van der Waals surface area (Å²) in [5.74, 6) is 0.885. The van der Waals surface area contributed by atoms with E-state index in [0.717, 1.165) is 56.5 Å². The number of anilines is 1. The molecule has 0 aromatic heterocycles. The number of aliphatic imine (C=N–C) groups is 1. The smallest absolute Gasteiger partial charge is 0.290 e. The maximum atomic E-state index is 4.54. The van der Waals surface area contributed by atoms with Gasteiger partial charge in [0.25, 0.3) is 6.67 Å². The molecular weight excluding hydrogens is 410 g/mol. The summed E-state index contributed by atoms with van der Waals surface area (Å²) >= 11 is 0. The van der Waals surface area contributed by atoms with Gasteiger partial charge in [-0.25, -0.2) is 10.3 Å². The highest BCUT2D eigenvalue weighted by atomic mass is 15.3. The molecule has 3 N–H and O–H groups in total. The van der Waals surface area contributed by atoms with Crippen molar-refractivity contribution in [1.29, 1.82) is 0 Å². The standard InChI is InChI=1S/C26H33N7.2H2/c1-2-31-14-16-32(17-15-31)24-8-6-21(7-9-24)30-26-19-23(10-11-28-26)29-22-4-3-5-25(18-22)33-13-12-27-20-33;;/h3-11,13,18-21,23,27,29-30H,2,12,14-17H2,1H3;2*1H/q+1;;. The van der Waals surface area contributed by atoms with Gasteiger partial charge >= 0.3 is 0 Å². The van der Waals surface area contributed by atoms with Crippen LogP contribution in [0.2, 0.25) is 0 Å². The van der Waals surface area contributed by atoms with Gasteiger partial charge in [0, 0.05) is 71.6 Å². The Labute approximate surface area is 200 Å². The first-order valence-electron chi connectivity index (χ1n) is 11.9. The van der Waals surface area contributed by atoms with E-state index in [1.807, 2.05) is 12.9 Å². The number of rotatable bonds is 7. The van der Waals surface area contributed by atoms with Crippen molar-refractivity contribution in [2.24, 2.45) is 4.99 Å². The minimum atomic E-state index is 0. The third kappa shape index (κ3) is 5.54. The summed E-state index contributed by atoms with van der Waals surface area (Å²) in [6.07, 6.45) is 17.1. The van der Waals surface area contributed by atoms with Crippen molar-refractivity contribution in [1.82, 2.24) is 20.4 Å². The number of allylic oxidation sites excluding steroid dienone is 1. The second kappa shape index (κ2) is 10.4. The van der Waals surface area contributed by atoms with Crippen molar-refractivity contribution >= 4 is 23.8 Å². The van der Waals surface area contributed by atoms with Crippen molar-refractivity contribution in [3.63, 3.8) is 0 Å². The summed E-state index contributed by atoms with van der Waals surface area (Å²) in [5, 5.41) is 10.3. The van der Waals surface area contributed by atoms with Crippen LogP contribution in [0.1, 0.15) is 9.78 Å². The van der Waals surface area contributed by atoms with E-state index in [2.05, 4.69) is 110 Å². The molecule has 1 aliphatic carbocycles. The Hall–Kier alpha value is -2.90. The van der Waals surface area contributed by atoms with Crippen LogP contribution in [0.5, 0.6) is 0 Å². The zero-order valence-electron chi connectivity index (χ0n) is 19.2. The molecular formula is C26H37N7+. The lowest BCUT2D eigenvalue weighted by molar-refractivity contribution is -0.386.